The molecule has 0 bridgehead atoms. The number of aromatic nitrogens is 2. The highest BCUT2D eigenvalue weighted by Gasteiger charge is 2.02. The molecule has 0 aliphatic rings. The number of hydrogen-bond acceptors (Lipinski definition) is 4. The normalized spacial score (nSPS) is 10.2. The van der Waals surface area contributed by atoms with Crippen molar-refractivity contribution in [3.05, 3.63) is 36.2 Å². The van der Waals surface area contributed by atoms with E-state index in [-0.39, 0.29) is 0 Å². The van der Waals surface area contributed by atoms with Crippen LogP contribution in [0, 0.1) is 0 Å². The van der Waals surface area contributed by atoms with Gasteiger partial charge in [0.15, 0.2) is 5.76 Å². The Morgan fingerprint density at radius 3 is 3.08 bits per heavy atom. The SMILES string of the molecule is NCc1cnnc(-c2ccco2)c1. The summed E-state index contributed by atoms with van der Waals surface area (Å²) in [5, 5.41) is 7.75. The number of rotatable bonds is 2. The fourth-order valence-corrected chi connectivity index (χ4v) is 1.06. The second-order valence-corrected chi connectivity index (χ2v) is 2.63. The maximum Gasteiger partial charge on any atom is 0.154 e. The van der Waals surface area contributed by atoms with Gasteiger partial charge in [-0.05, 0) is 23.8 Å². The molecule has 4 nitrogen and oxygen atoms in total. The molecule has 13 heavy (non-hydrogen) atoms. The van der Waals surface area contributed by atoms with Crippen LogP contribution in [-0.4, -0.2) is 10.2 Å². The maximum absolute atomic E-state index is 5.47. The predicted octanol–water partition coefficient (Wildman–Crippen LogP) is 1.20. The Morgan fingerprint density at radius 2 is 2.38 bits per heavy atom. The fourth-order valence-electron chi connectivity index (χ4n) is 1.06. The Balaban J connectivity index is 2.41. The molecule has 66 valence electrons. The van der Waals surface area contributed by atoms with Gasteiger partial charge in [-0.2, -0.15) is 5.10 Å². The van der Waals surface area contributed by atoms with Gasteiger partial charge in [-0.3, -0.25) is 0 Å². The van der Waals surface area contributed by atoms with Crippen molar-refractivity contribution in [2.75, 3.05) is 0 Å². The van der Waals surface area contributed by atoms with Crippen LogP contribution in [0.3, 0.4) is 0 Å². The molecule has 0 saturated carbocycles. The van der Waals surface area contributed by atoms with E-state index < -0.39 is 0 Å². The lowest BCUT2D eigenvalue weighted by Gasteiger charge is -1.97. The lowest BCUT2D eigenvalue weighted by molar-refractivity contribution is 0.578. The summed E-state index contributed by atoms with van der Waals surface area (Å²) >= 11 is 0. The molecule has 0 radical (unpaired) electrons. The zero-order valence-corrected chi connectivity index (χ0v) is 6.97. The van der Waals surface area contributed by atoms with Crippen molar-refractivity contribution in [1.29, 1.82) is 0 Å². The number of nitrogens with zero attached hydrogens (tertiary/aromatic N) is 2. The van der Waals surface area contributed by atoms with Gasteiger partial charge in [-0.15, -0.1) is 5.10 Å². The third kappa shape index (κ3) is 1.57. The average Bonchev–Trinajstić information content (AvgIpc) is 2.71. The summed E-state index contributed by atoms with van der Waals surface area (Å²) in [6.45, 7) is 0.462. The molecule has 0 atom stereocenters. The molecule has 2 rings (SSSR count). The molecule has 2 heterocycles. The number of hydrogen-bond donors (Lipinski definition) is 1. The Morgan fingerprint density at radius 1 is 1.46 bits per heavy atom. The van der Waals surface area contributed by atoms with E-state index in [4.69, 9.17) is 10.2 Å². The van der Waals surface area contributed by atoms with Gasteiger partial charge in [0, 0.05) is 6.54 Å². The summed E-state index contributed by atoms with van der Waals surface area (Å²) in [4.78, 5) is 0. The van der Waals surface area contributed by atoms with E-state index in [9.17, 15) is 0 Å². The van der Waals surface area contributed by atoms with Crippen LogP contribution in [0.1, 0.15) is 5.56 Å². The quantitative estimate of drug-likeness (QED) is 0.744. The third-order valence-electron chi connectivity index (χ3n) is 1.72. The van der Waals surface area contributed by atoms with Gasteiger partial charge >= 0.3 is 0 Å². The van der Waals surface area contributed by atoms with E-state index in [2.05, 4.69) is 10.2 Å². The highest BCUT2D eigenvalue weighted by atomic mass is 16.3. The minimum atomic E-state index is 0.462. The highest BCUT2D eigenvalue weighted by molar-refractivity contribution is 5.51. The van der Waals surface area contributed by atoms with E-state index in [1.165, 1.54) is 0 Å². The molecular formula is C9H9N3O. The van der Waals surface area contributed by atoms with Crippen LogP contribution in [0.4, 0.5) is 0 Å². The summed E-state index contributed by atoms with van der Waals surface area (Å²) in [6.07, 6.45) is 3.25. The van der Waals surface area contributed by atoms with Crippen molar-refractivity contribution in [3.8, 4) is 11.5 Å². The monoisotopic (exact) mass is 175 g/mol. The number of furan rings is 1. The molecule has 0 aromatic carbocycles. The van der Waals surface area contributed by atoms with Gasteiger partial charge in [0.1, 0.15) is 5.69 Å². The van der Waals surface area contributed by atoms with E-state index in [1.807, 2.05) is 18.2 Å². The summed E-state index contributed by atoms with van der Waals surface area (Å²) in [7, 11) is 0. The molecule has 0 saturated heterocycles. The first-order valence-corrected chi connectivity index (χ1v) is 3.95. The van der Waals surface area contributed by atoms with Crippen molar-refractivity contribution in [2.24, 2.45) is 5.73 Å². The first-order chi connectivity index (χ1) is 6.40. The lowest BCUT2D eigenvalue weighted by atomic mass is 10.2. The zero-order chi connectivity index (χ0) is 9.10. The van der Waals surface area contributed by atoms with Crippen molar-refractivity contribution in [2.45, 2.75) is 6.54 Å². The summed E-state index contributed by atoms with van der Waals surface area (Å²) in [6, 6.07) is 5.52. The second kappa shape index (κ2) is 3.37. The van der Waals surface area contributed by atoms with Crippen LogP contribution in [0.25, 0.3) is 11.5 Å². The topological polar surface area (TPSA) is 64.9 Å². The molecule has 2 aromatic rings. The van der Waals surface area contributed by atoms with E-state index >= 15 is 0 Å². The Labute approximate surface area is 75.4 Å². The first-order valence-electron chi connectivity index (χ1n) is 3.95. The van der Waals surface area contributed by atoms with Crippen LogP contribution in [0.5, 0.6) is 0 Å². The van der Waals surface area contributed by atoms with Crippen LogP contribution in [0.15, 0.2) is 35.1 Å². The lowest BCUT2D eigenvalue weighted by Crippen LogP contribution is -1.98. The smallest absolute Gasteiger partial charge is 0.154 e. The third-order valence-corrected chi connectivity index (χ3v) is 1.72. The van der Waals surface area contributed by atoms with Crippen LogP contribution < -0.4 is 5.73 Å². The molecule has 0 unspecified atom stereocenters. The Kier molecular flexibility index (Phi) is 2.06. The standard InChI is InChI=1S/C9H9N3O/c10-5-7-4-8(12-11-6-7)9-2-1-3-13-9/h1-4,6H,5,10H2. The van der Waals surface area contributed by atoms with Crippen LogP contribution in [0.2, 0.25) is 0 Å². The molecule has 4 heteroatoms. The van der Waals surface area contributed by atoms with E-state index in [1.54, 1.807) is 12.5 Å². The molecule has 0 amide bonds. The highest BCUT2D eigenvalue weighted by Crippen LogP contribution is 2.16. The molecule has 0 fully saturated rings. The predicted molar refractivity (Wildman–Crippen MR) is 47.6 cm³/mol. The molecule has 0 aliphatic heterocycles. The van der Waals surface area contributed by atoms with Gasteiger partial charge in [0.2, 0.25) is 0 Å². The van der Waals surface area contributed by atoms with Gasteiger partial charge in [0.25, 0.3) is 0 Å². The summed E-state index contributed by atoms with van der Waals surface area (Å²) in [5.74, 6) is 0.711. The maximum atomic E-state index is 5.47. The van der Waals surface area contributed by atoms with Crippen molar-refractivity contribution in [1.82, 2.24) is 10.2 Å². The Hall–Kier alpha value is -1.68. The molecule has 0 aliphatic carbocycles. The Bertz CT molecular complexity index is 384. The summed E-state index contributed by atoms with van der Waals surface area (Å²) < 4.78 is 5.18. The van der Waals surface area contributed by atoms with Crippen molar-refractivity contribution >= 4 is 0 Å². The van der Waals surface area contributed by atoms with Crippen LogP contribution in [-0.2, 0) is 6.54 Å². The first kappa shape index (κ1) is 7.94. The van der Waals surface area contributed by atoms with Gasteiger partial charge in [-0.1, -0.05) is 0 Å². The van der Waals surface area contributed by atoms with Crippen molar-refractivity contribution in [3.63, 3.8) is 0 Å². The van der Waals surface area contributed by atoms with Crippen molar-refractivity contribution < 1.29 is 4.42 Å². The minimum absolute atomic E-state index is 0.462. The zero-order valence-electron chi connectivity index (χ0n) is 6.97. The minimum Gasteiger partial charge on any atom is -0.463 e. The molecule has 0 spiro atoms. The van der Waals surface area contributed by atoms with Gasteiger partial charge in [0.05, 0.1) is 12.5 Å². The molecular weight excluding hydrogens is 166 g/mol. The average molecular weight is 175 g/mol. The van der Waals surface area contributed by atoms with Crippen LogP contribution >= 0.6 is 0 Å². The fraction of sp³-hybridized carbons (Fsp3) is 0.111. The van der Waals surface area contributed by atoms with E-state index in [0.717, 1.165) is 5.56 Å². The number of nitrogens with two attached hydrogens (primary N) is 1. The largest absolute Gasteiger partial charge is 0.463 e. The summed E-state index contributed by atoms with van der Waals surface area (Å²) in [5.41, 5.74) is 7.14. The van der Waals surface area contributed by atoms with Gasteiger partial charge < -0.3 is 10.2 Å². The molecule has 2 aromatic heterocycles. The van der Waals surface area contributed by atoms with E-state index in [0.29, 0.717) is 18.0 Å². The van der Waals surface area contributed by atoms with Gasteiger partial charge in [-0.25, -0.2) is 0 Å². The molecule has 2 N–H and O–H groups in total. The second-order valence-electron chi connectivity index (χ2n) is 2.63.